The van der Waals surface area contributed by atoms with E-state index >= 15 is 0 Å². The third-order valence-corrected chi connectivity index (χ3v) is 4.65. The lowest BCUT2D eigenvalue weighted by Crippen LogP contribution is -2.16. The van der Waals surface area contributed by atoms with Crippen molar-refractivity contribution < 1.29 is 22.9 Å². The van der Waals surface area contributed by atoms with Gasteiger partial charge in [-0.25, -0.2) is 0 Å². The van der Waals surface area contributed by atoms with Crippen molar-refractivity contribution in [3.63, 3.8) is 0 Å². The molecule has 0 saturated heterocycles. The van der Waals surface area contributed by atoms with Gasteiger partial charge in [0.05, 0.1) is 21.1 Å². The number of halogens is 3. The number of para-hydroxylation sites is 1. The van der Waals surface area contributed by atoms with Crippen LogP contribution in [0.25, 0.3) is 0 Å². The van der Waals surface area contributed by atoms with Crippen LogP contribution in [0.4, 0.5) is 24.5 Å². The lowest BCUT2D eigenvalue weighted by molar-refractivity contribution is -0.388. The lowest BCUT2D eigenvalue weighted by atomic mass is 10.1. The second kappa shape index (κ2) is 7.77. The average molecular weight is 384 g/mol. The maximum atomic E-state index is 12.7. The van der Waals surface area contributed by atoms with Crippen molar-refractivity contribution in [1.29, 1.82) is 0 Å². The Kier molecular flexibility index (Phi) is 5.91. The molecule has 0 radical (unpaired) electrons. The van der Waals surface area contributed by atoms with Gasteiger partial charge >= 0.3 is 6.18 Å². The second-order valence-corrected chi connectivity index (χ2v) is 6.56. The van der Waals surface area contributed by atoms with Gasteiger partial charge in [0.2, 0.25) is 5.91 Å². The number of aryl methyl sites for hydroxylation is 2. The van der Waals surface area contributed by atoms with E-state index in [4.69, 9.17) is 0 Å². The van der Waals surface area contributed by atoms with E-state index in [0.717, 1.165) is 35.0 Å². The number of hydrogen-bond donors (Lipinski definition) is 1. The monoisotopic (exact) mass is 384 g/mol. The molecule has 0 atom stereocenters. The average Bonchev–Trinajstić information content (AvgIpc) is 2.55. The minimum atomic E-state index is -4.67. The van der Waals surface area contributed by atoms with Crippen molar-refractivity contribution in [2.24, 2.45) is 0 Å². The molecular weight excluding hydrogens is 369 g/mol. The second-order valence-electron chi connectivity index (χ2n) is 5.54. The van der Waals surface area contributed by atoms with Crippen molar-refractivity contribution in [1.82, 2.24) is 0 Å². The summed E-state index contributed by atoms with van der Waals surface area (Å²) in [6.07, 6.45) is -4.67. The SMILES string of the molecule is Cc1cccc(C)c1NC(=O)CSc1ccc(C(F)(F)F)cc1[N+](=O)[O-]. The molecule has 0 saturated carbocycles. The normalized spacial score (nSPS) is 11.3. The smallest absolute Gasteiger partial charge is 0.325 e. The quantitative estimate of drug-likeness (QED) is 0.449. The highest BCUT2D eigenvalue weighted by atomic mass is 32.2. The van der Waals surface area contributed by atoms with Crippen LogP contribution in [0.1, 0.15) is 16.7 Å². The van der Waals surface area contributed by atoms with E-state index in [-0.39, 0.29) is 10.6 Å². The molecule has 2 rings (SSSR count). The van der Waals surface area contributed by atoms with Crippen molar-refractivity contribution in [2.75, 3.05) is 11.1 Å². The van der Waals surface area contributed by atoms with E-state index in [1.54, 1.807) is 0 Å². The summed E-state index contributed by atoms with van der Waals surface area (Å²) in [4.78, 5) is 22.3. The topological polar surface area (TPSA) is 72.2 Å². The standard InChI is InChI=1S/C17H15F3N2O3S/c1-10-4-3-5-11(2)16(10)21-15(23)9-26-14-7-6-12(17(18,19)20)8-13(14)22(24)25/h3-8H,9H2,1-2H3,(H,21,23). The van der Waals surface area contributed by atoms with Crippen LogP contribution in [0.5, 0.6) is 0 Å². The first-order chi connectivity index (χ1) is 12.1. The Morgan fingerprint density at radius 1 is 1.19 bits per heavy atom. The molecule has 0 bridgehead atoms. The highest BCUT2D eigenvalue weighted by molar-refractivity contribution is 8.00. The predicted molar refractivity (Wildman–Crippen MR) is 93.4 cm³/mol. The zero-order valence-electron chi connectivity index (χ0n) is 13.9. The number of hydrogen-bond acceptors (Lipinski definition) is 4. The fourth-order valence-corrected chi connectivity index (χ4v) is 3.09. The number of carbonyl (C=O) groups is 1. The Morgan fingerprint density at radius 3 is 2.35 bits per heavy atom. The molecule has 1 amide bonds. The van der Waals surface area contributed by atoms with Gasteiger partial charge in [-0.3, -0.25) is 14.9 Å². The summed E-state index contributed by atoms with van der Waals surface area (Å²) in [5.74, 6) is -0.568. The molecule has 0 aliphatic carbocycles. The Morgan fingerprint density at radius 2 is 1.81 bits per heavy atom. The van der Waals surface area contributed by atoms with Crippen molar-refractivity contribution in [3.8, 4) is 0 Å². The fourth-order valence-electron chi connectivity index (χ4n) is 2.29. The molecule has 0 heterocycles. The molecule has 26 heavy (non-hydrogen) atoms. The molecule has 1 N–H and O–H groups in total. The summed E-state index contributed by atoms with van der Waals surface area (Å²) < 4.78 is 38.1. The largest absolute Gasteiger partial charge is 0.416 e. The van der Waals surface area contributed by atoms with E-state index in [9.17, 15) is 28.1 Å². The third kappa shape index (κ3) is 4.75. The summed E-state index contributed by atoms with van der Waals surface area (Å²) in [5, 5.41) is 13.8. The summed E-state index contributed by atoms with van der Waals surface area (Å²) in [5.41, 5.74) is 0.603. The van der Waals surface area contributed by atoms with Crippen LogP contribution < -0.4 is 5.32 Å². The summed E-state index contributed by atoms with van der Waals surface area (Å²) >= 11 is 0.813. The third-order valence-electron chi connectivity index (χ3n) is 3.59. The van der Waals surface area contributed by atoms with Crippen LogP contribution >= 0.6 is 11.8 Å². The number of rotatable bonds is 5. The zero-order valence-corrected chi connectivity index (χ0v) is 14.7. The molecule has 2 aromatic rings. The minimum Gasteiger partial charge on any atom is -0.325 e. The van der Waals surface area contributed by atoms with E-state index < -0.39 is 28.3 Å². The Bertz CT molecular complexity index is 833. The van der Waals surface area contributed by atoms with Gasteiger partial charge in [-0.2, -0.15) is 13.2 Å². The molecule has 0 aliphatic heterocycles. The zero-order chi connectivity index (χ0) is 19.5. The number of nitrogens with one attached hydrogen (secondary N) is 1. The molecular formula is C17H15F3N2O3S. The minimum absolute atomic E-state index is 0.000319. The van der Waals surface area contributed by atoms with Gasteiger partial charge < -0.3 is 5.32 Å². The fraction of sp³-hybridized carbons (Fsp3) is 0.235. The van der Waals surface area contributed by atoms with Crippen molar-refractivity contribution >= 4 is 29.0 Å². The Hall–Kier alpha value is -2.55. The van der Waals surface area contributed by atoms with Crippen LogP contribution in [0, 0.1) is 24.0 Å². The number of carbonyl (C=O) groups excluding carboxylic acids is 1. The van der Waals surface area contributed by atoms with E-state index in [1.807, 2.05) is 32.0 Å². The van der Waals surface area contributed by atoms with Gasteiger partial charge in [-0.05, 0) is 37.1 Å². The number of nitrogens with zero attached hydrogens (tertiary/aromatic N) is 1. The summed E-state index contributed by atoms with van der Waals surface area (Å²) in [6.45, 7) is 3.66. The van der Waals surface area contributed by atoms with Crippen LogP contribution in [0.3, 0.4) is 0 Å². The van der Waals surface area contributed by atoms with Gasteiger partial charge in [0, 0.05) is 11.8 Å². The van der Waals surface area contributed by atoms with Gasteiger partial charge in [0.25, 0.3) is 5.69 Å². The van der Waals surface area contributed by atoms with Crippen molar-refractivity contribution in [3.05, 3.63) is 63.2 Å². The first-order valence-corrected chi connectivity index (χ1v) is 8.42. The maximum absolute atomic E-state index is 12.7. The van der Waals surface area contributed by atoms with Gasteiger partial charge in [-0.1, -0.05) is 18.2 Å². The molecule has 0 spiro atoms. The molecule has 5 nitrogen and oxygen atoms in total. The van der Waals surface area contributed by atoms with E-state index in [0.29, 0.717) is 11.8 Å². The first-order valence-electron chi connectivity index (χ1n) is 7.44. The number of alkyl halides is 3. The van der Waals surface area contributed by atoms with E-state index in [2.05, 4.69) is 5.32 Å². The predicted octanol–water partition coefficient (Wildman–Crippen LogP) is 4.96. The number of nitro benzene ring substituents is 1. The number of thioether (sulfide) groups is 1. The molecule has 2 aromatic carbocycles. The molecule has 0 unspecified atom stereocenters. The van der Waals surface area contributed by atoms with Crippen molar-refractivity contribution in [2.45, 2.75) is 24.9 Å². The van der Waals surface area contributed by atoms with Crippen LogP contribution in [-0.4, -0.2) is 16.6 Å². The maximum Gasteiger partial charge on any atom is 0.416 e. The van der Waals surface area contributed by atoms with Crippen LogP contribution in [0.15, 0.2) is 41.3 Å². The number of amides is 1. The molecule has 9 heteroatoms. The van der Waals surface area contributed by atoms with Gasteiger partial charge in [-0.15, -0.1) is 11.8 Å². The summed E-state index contributed by atoms with van der Waals surface area (Å²) in [7, 11) is 0. The lowest BCUT2D eigenvalue weighted by Gasteiger charge is -2.12. The van der Waals surface area contributed by atoms with Crippen LogP contribution in [0.2, 0.25) is 0 Å². The summed E-state index contributed by atoms with van der Waals surface area (Å²) in [6, 6.07) is 7.76. The number of benzene rings is 2. The highest BCUT2D eigenvalue weighted by Crippen LogP contribution is 2.36. The number of anilines is 1. The molecule has 0 aromatic heterocycles. The van der Waals surface area contributed by atoms with Crippen LogP contribution in [-0.2, 0) is 11.0 Å². The number of nitro groups is 1. The molecule has 0 fully saturated rings. The molecule has 138 valence electrons. The van der Waals surface area contributed by atoms with Gasteiger partial charge in [0.1, 0.15) is 0 Å². The van der Waals surface area contributed by atoms with E-state index in [1.165, 1.54) is 0 Å². The Labute approximate surface area is 151 Å². The molecule has 0 aliphatic rings. The Balaban J connectivity index is 2.14. The first kappa shape index (κ1) is 19.8. The highest BCUT2D eigenvalue weighted by Gasteiger charge is 2.33. The van der Waals surface area contributed by atoms with Gasteiger partial charge in [0.15, 0.2) is 0 Å².